The third-order valence-corrected chi connectivity index (χ3v) is 1.61. The van der Waals surface area contributed by atoms with Crippen LogP contribution in [0, 0.1) is 5.82 Å². The van der Waals surface area contributed by atoms with Crippen molar-refractivity contribution in [3.05, 3.63) is 41.7 Å². The van der Waals surface area contributed by atoms with Crippen molar-refractivity contribution in [2.45, 2.75) is 0 Å². The molecule has 0 aromatic heterocycles. The smallest absolute Gasteiger partial charge is 0.334 e. The van der Waals surface area contributed by atoms with Gasteiger partial charge in [0, 0.05) is 0 Å². The van der Waals surface area contributed by atoms with E-state index in [1.807, 2.05) is 0 Å². The summed E-state index contributed by atoms with van der Waals surface area (Å²) in [5, 5.41) is 9.32. The molecule has 0 saturated heterocycles. The van der Waals surface area contributed by atoms with Crippen LogP contribution in [0.2, 0.25) is 0 Å². The molecule has 0 amide bonds. The van der Waals surface area contributed by atoms with Crippen LogP contribution < -0.4 is 0 Å². The van der Waals surface area contributed by atoms with Gasteiger partial charge in [0.15, 0.2) is 0 Å². The molecule has 0 saturated carbocycles. The first-order valence-corrected chi connectivity index (χ1v) is 3.88. The Morgan fingerprint density at radius 1 is 1.50 bits per heavy atom. The summed E-state index contributed by atoms with van der Waals surface area (Å²) in [6.45, 7) is 0. The minimum Gasteiger partial charge on any atom is -0.507 e. The van der Waals surface area contributed by atoms with Gasteiger partial charge in [0.1, 0.15) is 11.6 Å². The van der Waals surface area contributed by atoms with Crippen LogP contribution in [0.4, 0.5) is 4.39 Å². The predicted molar refractivity (Wildman–Crippen MR) is 49.0 cm³/mol. The molecule has 0 bridgehead atoms. The van der Waals surface area contributed by atoms with E-state index in [0.717, 1.165) is 6.08 Å². The Morgan fingerprint density at radius 2 is 2.14 bits per heavy atom. The van der Waals surface area contributed by atoms with E-state index in [2.05, 4.69) is 4.74 Å². The predicted octanol–water partition coefficient (Wildman–Crippen LogP) is 1.90. The van der Waals surface area contributed by atoms with E-state index < -0.39 is 17.5 Å². The summed E-state index contributed by atoms with van der Waals surface area (Å²) in [5.41, 5.74) is -0.0297. The van der Waals surface area contributed by atoms with Gasteiger partial charge in [0.25, 0.3) is 0 Å². The molecule has 0 fully saturated rings. The first-order valence-electron chi connectivity index (χ1n) is 3.88. The van der Waals surface area contributed by atoms with Gasteiger partial charge in [-0.25, -0.2) is 9.18 Å². The Balaban J connectivity index is 3.00. The Kier molecular flexibility index (Phi) is 3.23. The minimum absolute atomic E-state index is 0.0297. The van der Waals surface area contributed by atoms with Crippen molar-refractivity contribution in [2.75, 3.05) is 7.11 Å². The fourth-order valence-corrected chi connectivity index (χ4v) is 0.917. The number of hydrogen-bond acceptors (Lipinski definition) is 3. The number of aliphatic hydroxyl groups excluding tert-OH is 1. The Bertz CT molecular complexity index is 371. The summed E-state index contributed by atoms with van der Waals surface area (Å²) in [4.78, 5) is 10.7. The SMILES string of the molecule is COC(=O)/C=C(\O)c1ccccc1F. The molecule has 0 heterocycles. The highest BCUT2D eigenvalue weighted by Gasteiger charge is 2.07. The van der Waals surface area contributed by atoms with E-state index in [1.165, 1.54) is 25.3 Å². The van der Waals surface area contributed by atoms with Gasteiger partial charge in [-0.1, -0.05) is 12.1 Å². The molecule has 74 valence electrons. The van der Waals surface area contributed by atoms with E-state index in [0.29, 0.717) is 0 Å². The second-order valence-electron chi connectivity index (χ2n) is 2.53. The average Bonchev–Trinajstić information content (AvgIpc) is 2.18. The van der Waals surface area contributed by atoms with Gasteiger partial charge < -0.3 is 9.84 Å². The van der Waals surface area contributed by atoms with Crippen LogP contribution in [0.15, 0.2) is 30.3 Å². The maximum atomic E-state index is 13.0. The van der Waals surface area contributed by atoms with Crippen molar-refractivity contribution in [1.82, 2.24) is 0 Å². The van der Waals surface area contributed by atoms with E-state index >= 15 is 0 Å². The summed E-state index contributed by atoms with van der Waals surface area (Å²) in [7, 11) is 1.17. The van der Waals surface area contributed by atoms with Gasteiger partial charge in [-0.3, -0.25) is 0 Å². The van der Waals surface area contributed by atoms with Crippen molar-refractivity contribution in [2.24, 2.45) is 0 Å². The highest BCUT2D eigenvalue weighted by molar-refractivity contribution is 5.89. The molecule has 0 atom stereocenters. The van der Waals surface area contributed by atoms with E-state index in [4.69, 9.17) is 0 Å². The number of methoxy groups -OCH3 is 1. The first-order chi connectivity index (χ1) is 6.65. The fourth-order valence-electron chi connectivity index (χ4n) is 0.917. The van der Waals surface area contributed by atoms with Gasteiger partial charge in [0.2, 0.25) is 0 Å². The van der Waals surface area contributed by atoms with Gasteiger partial charge in [-0.05, 0) is 12.1 Å². The number of benzene rings is 1. The number of rotatable bonds is 2. The van der Waals surface area contributed by atoms with Crippen LogP contribution in [-0.4, -0.2) is 18.2 Å². The molecule has 0 aliphatic rings. The van der Waals surface area contributed by atoms with Gasteiger partial charge in [0.05, 0.1) is 18.7 Å². The lowest BCUT2D eigenvalue weighted by atomic mass is 10.1. The Hall–Kier alpha value is -1.84. The molecule has 14 heavy (non-hydrogen) atoms. The maximum Gasteiger partial charge on any atom is 0.334 e. The van der Waals surface area contributed by atoms with Crippen molar-refractivity contribution in [3.8, 4) is 0 Å². The van der Waals surface area contributed by atoms with E-state index in [-0.39, 0.29) is 5.56 Å². The molecule has 1 rings (SSSR count). The fraction of sp³-hybridized carbons (Fsp3) is 0.100. The maximum absolute atomic E-state index is 13.0. The lowest BCUT2D eigenvalue weighted by Gasteiger charge is -2.00. The zero-order valence-corrected chi connectivity index (χ0v) is 7.53. The monoisotopic (exact) mass is 196 g/mol. The van der Waals surface area contributed by atoms with Crippen molar-refractivity contribution in [1.29, 1.82) is 0 Å². The molecule has 4 heteroatoms. The molecule has 1 aromatic carbocycles. The van der Waals surface area contributed by atoms with Crippen molar-refractivity contribution in [3.63, 3.8) is 0 Å². The third kappa shape index (κ3) is 2.32. The normalized spacial score (nSPS) is 11.1. The number of aliphatic hydroxyl groups is 1. The highest BCUT2D eigenvalue weighted by atomic mass is 19.1. The summed E-state index contributed by atoms with van der Waals surface area (Å²) >= 11 is 0. The molecular formula is C10H9FO3. The second-order valence-corrected chi connectivity index (χ2v) is 2.53. The largest absolute Gasteiger partial charge is 0.507 e. The van der Waals surface area contributed by atoms with Crippen LogP contribution in [0.25, 0.3) is 5.76 Å². The number of esters is 1. The van der Waals surface area contributed by atoms with Gasteiger partial charge in [-0.15, -0.1) is 0 Å². The zero-order valence-electron chi connectivity index (χ0n) is 7.53. The number of ether oxygens (including phenoxy) is 1. The van der Waals surface area contributed by atoms with Gasteiger partial charge in [-0.2, -0.15) is 0 Å². The van der Waals surface area contributed by atoms with Crippen LogP contribution in [0.5, 0.6) is 0 Å². The van der Waals surface area contributed by atoms with Crippen molar-refractivity contribution < 1.29 is 19.0 Å². The quantitative estimate of drug-likeness (QED) is 0.446. The molecule has 1 aromatic rings. The van der Waals surface area contributed by atoms with Crippen LogP contribution in [-0.2, 0) is 9.53 Å². The molecule has 0 radical (unpaired) electrons. The molecule has 3 nitrogen and oxygen atoms in total. The van der Waals surface area contributed by atoms with Crippen LogP contribution in [0.3, 0.4) is 0 Å². The van der Waals surface area contributed by atoms with E-state index in [9.17, 15) is 14.3 Å². The summed E-state index contributed by atoms with van der Waals surface area (Å²) in [5.74, 6) is -1.77. The van der Waals surface area contributed by atoms with Crippen LogP contribution in [0.1, 0.15) is 5.56 Å². The molecule has 0 aliphatic carbocycles. The minimum atomic E-state index is -0.731. The number of halogens is 1. The molecular weight excluding hydrogens is 187 g/mol. The highest BCUT2D eigenvalue weighted by Crippen LogP contribution is 2.14. The Morgan fingerprint density at radius 3 is 2.71 bits per heavy atom. The second kappa shape index (κ2) is 4.41. The lowest BCUT2D eigenvalue weighted by Crippen LogP contribution is -1.97. The molecule has 0 spiro atoms. The van der Waals surface area contributed by atoms with Crippen molar-refractivity contribution >= 4 is 11.7 Å². The number of carbonyl (C=O) groups is 1. The Labute approximate surface area is 80.4 Å². The lowest BCUT2D eigenvalue weighted by molar-refractivity contribution is -0.134. The van der Waals surface area contributed by atoms with E-state index in [1.54, 1.807) is 6.07 Å². The zero-order chi connectivity index (χ0) is 10.6. The first kappa shape index (κ1) is 10.2. The van der Waals surface area contributed by atoms with Crippen LogP contribution >= 0.6 is 0 Å². The molecule has 0 aliphatic heterocycles. The third-order valence-electron chi connectivity index (χ3n) is 1.61. The summed E-state index contributed by atoms with van der Waals surface area (Å²) in [6.07, 6.45) is 0.818. The number of hydrogen-bond donors (Lipinski definition) is 1. The topological polar surface area (TPSA) is 46.5 Å². The summed E-state index contributed by atoms with van der Waals surface area (Å²) in [6, 6.07) is 5.60. The van der Waals surface area contributed by atoms with Gasteiger partial charge >= 0.3 is 5.97 Å². The standard InChI is InChI=1S/C10H9FO3/c1-14-10(13)6-9(12)7-4-2-3-5-8(7)11/h2-6,12H,1H3/b9-6-. The summed E-state index contributed by atoms with van der Waals surface area (Å²) < 4.78 is 17.3. The molecule has 0 unspecified atom stereocenters. The molecule has 1 N–H and O–H groups in total. The number of carbonyl (C=O) groups excluding carboxylic acids is 1. The average molecular weight is 196 g/mol.